The SMILES string of the molecule is CC(C)(C)C1CCC(N(Cc2ccc(C(=O)Nc3nn[nH]n3)cc2)C(=O)c2cc3cc(Cl)ccc3o2)CC1. The Morgan fingerprint density at radius 2 is 1.82 bits per heavy atom. The van der Waals surface area contributed by atoms with Crippen molar-refractivity contribution in [2.75, 3.05) is 5.32 Å². The summed E-state index contributed by atoms with van der Waals surface area (Å²) in [6, 6.07) is 14.4. The quantitative estimate of drug-likeness (QED) is 0.308. The summed E-state index contributed by atoms with van der Waals surface area (Å²) in [4.78, 5) is 28.3. The van der Waals surface area contributed by atoms with Crippen molar-refractivity contribution < 1.29 is 14.0 Å². The fourth-order valence-electron chi connectivity index (χ4n) is 5.23. The molecule has 0 saturated heterocycles. The standard InChI is InChI=1S/C28H31ClN6O3/c1-28(2,3)20-8-11-22(12-9-20)35(26(37)24-15-19-14-21(29)10-13-23(19)38-24)16-17-4-6-18(7-5-17)25(36)30-27-31-33-34-32-27/h4-7,10,13-15,20,22H,8-9,11-12,16H2,1-3H3,(H2,30,31,32,33,34,36). The minimum absolute atomic E-state index is 0.0964. The van der Waals surface area contributed by atoms with E-state index >= 15 is 0 Å². The highest BCUT2D eigenvalue weighted by atomic mass is 35.5. The Hall–Kier alpha value is -3.72. The van der Waals surface area contributed by atoms with E-state index in [2.05, 4.69) is 46.7 Å². The van der Waals surface area contributed by atoms with E-state index in [1.165, 1.54) is 0 Å². The number of rotatable bonds is 6. The molecule has 0 aliphatic heterocycles. The normalized spacial score (nSPS) is 17.9. The maximum atomic E-state index is 13.8. The number of fused-ring (bicyclic) bond motifs is 1. The lowest BCUT2D eigenvalue weighted by Gasteiger charge is -2.41. The van der Waals surface area contributed by atoms with Crippen LogP contribution in [0.2, 0.25) is 5.02 Å². The Kier molecular flexibility index (Phi) is 7.21. The number of carbonyl (C=O) groups is 2. The van der Waals surface area contributed by atoms with E-state index in [9.17, 15) is 9.59 Å². The summed E-state index contributed by atoms with van der Waals surface area (Å²) in [7, 11) is 0. The van der Waals surface area contributed by atoms with Crippen molar-refractivity contribution in [2.45, 2.75) is 59.0 Å². The van der Waals surface area contributed by atoms with Crippen LogP contribution in [-0.2, 0) is 6.54 Å². The first kappa shape index (κ1) is 25.9. The van der Waals surface area contributed by atoms with Gasteiger partial charge in [0.05, 0.1) is 0 Å². The van der Waals surface area contributed by atoms with Gasteiger partial charge in [-0.1, -0.05) is 49.6 Å². The average molecular weight is 535 g/mol. The number of furan rings is 1. The first-order valence-electron chi connectivity index (χ1n) is 12.8. The Labute approximate surface area is 225 Å². The van der Waals surface area contributed by atoms with E-state index < -0.39 is 0 Å². The zero-order chi connectivity index (χ0) is 26.9. The number of hydrogen-bond donors (Lipinski definition) is 2. The van der Waals surface area contributed by atoms with Gasteiger partial charge < -0.3 is 9.32 Å². The molecular formula is C28H31ClN6O3. The van der Waals surface area contributed by atoms with Crippen LogP contribution in [0.4, 0.5) is 5.95 Å². The summed E-state index contributed by atoms with van der Waals surface area (Å²) in [5, 5.41) is 17.2. The van der Waals surface area contributed by atoms with Crippen LogP contribution >= 0.6 is 11.6 Å². The number of tetrazole rings is 1. The van der Waals surface area contributed by atoms with Gasteiger partial charge in [0.25, 0.3) is 17.8 Å². The third kappa shape index (κ3) is 5.72. The number of anilines is 1. The van der Waals surface area contributed by atoms with E-state index in [1.807, 2.05) is 17.0 Å². The minimum Gasteiger partial charge on any atom is -0.451 e. The maximum Gasteiger partial charge on any atom is 0.290 e. The van der Waals surface area contributed by atoms with Gasteiger partial charge in [0, 0.05) is 28.6 Å². The number of halogens is 1. The molecule has 0 spiro atoms. The number of amides is 2. The third-order valence-electron chi connectivity index (χ3n) is 7.45. The largest absolute Gasteiger partial charge is 0.451 e. The molecule has 2 aromatic carbocycles. The topological polar surface area (TPSA) is 117 Å². The third-order valence-corrected chi connectivity index (χ3v) is 7.69. The molecule has 9 nitrogen and oxygen atoms in total. The Balaban J connectivity index is 1.37. The molecule has 2 amide bonds. The lowest BCUT2D eigenvalue weighted by molar-refractivity contribution is 0.0503. The number of aromatic amines is 1. The monoisotopic (exact) mass is 534 g/mol. The number of nitrogens with zero attached hydrogens (tertiary/aromatic N) is 4. The van der Waals surface area contributed by atoms with Crippen LogP contribution in [0.15, 0.2) is 52.9 Å². The Morgan fingerprint density at radius 3 is 2.47 bits per heavy atom. The summed E-state index contributed by atoms with van der Waals surface area (Å²) < 4.78 is 5.95. The molecule has 1 saturated carbocycles. The van der Waals surface area contributed by atoms with E-state index in [4.69, 9.17) is 16.0 Å². The van der Waals surface area contributed by atoms with Crippen LogP contribution in [0, 0.1) is 11.3 Å². The molecule has 1 aliphatic carbocycles. The molecule has 2 heterocycles. The number of nitrogens with one attached hydrogen (secondary N) is 2. The van der Waals surface area contributed by atoms with Gasteiger partial charge in [-0.05, 0) is 84.2 Å². The van der Waals surface area contributed by atoms with Gasteiger partial charge in [-0.25, -0.2) is 0 Å². The number of benzene rings is 2. The van der Waals surface area contributed by atoms with Gasteiger partial charge in [0.2, 0.25) is 0 Å². The van der Waals surface area contributed by atoms with Gasteiger partial charge in [-0.3, -0.25) is 14.9 Å². The summed E-state index contributed by atoms with van der Waals surface area (Å²) in [5.74, 6) is 0.550. The van der Waals surface area contributed by atoms with Gasteiger partial charge in [-0.15, -0.1) is 5.10 Å². The smallest absolute Gasteiger partial charge is 0.290 e. The van der Waals surface area contributed by atoms with E-state index in [-0.39, 0.29) is 29.2 Å². The lowest BCUT2D eigenvalue weighted by Crippen LogP contribution is -2.43. The van der Waals surface area contributed by atoms with Gasteiger partial charge in [0.15, 0.2) is 5.76 Å². The number of H-pyrrole nitrogens is 1. The first-order valence-corrected chi connectivity index (χ1v) is 13.2. The summed E-state index contributed by atoms with van der Waals surface area (Å²) in [6.07, 6.45) is 4.02. The predicted octanol–water partition coefficient (Wildman–Crippen LogP) is 6.10. The predicted molar refractivity (Wildman–Crippen MR) is 145 cm³/mol. The van der Waals surface area contributed by atoms with Crippen LogP contribution < -0.4 is 5.32 Å². The first-order chi connectivity index (χ1) is 18.2. The van der Waals surface area contributed by atoms with Crippen molar-refractivity contribution in [3.8, 4) is 0 Å². The number of carbonyl (C=O) groups excluding carboxylic acids is 2. The molecule has 38 heavy (non-hydrogen) atoms. The molecule has 10 heteroatoms. The van der Waals surface area contributed by atoms with Gasteiger partial charge >= 0.3 is 0 Å². The van der Waals surface area contributed by atoms with Crippen LogP contribution in [0.3, 0.4) is 0 Å². The van der Waals surface area contributed by atoms with Gasteiger partial charge in [-0.2, -0.15) is 5.21 Å². The minimum atomic E-state index is -0.340. The zero-order valence-electron chi connectivity index (χ0n) is 21.7. The highest BCUT2D eigenvalue weighted by Crippen LogP contribution is 2.39. The second kappa shape index (κ2) is 10.6. The number of aromatic nitrogens is 4. The number of hydrogen-bond acceptors (Lipinski definition) is 6. The highest BCUT2D eigenvalue weighted by Gasteiger charge is 2.34. The van der Waals surface area contributed by atoms with Crippen LogP contribution in [-0.4, -0.2) is 43.4 Å². The molecule has 4 aromatic rings. The van der Waals surface area contributed by atoms with Crippen LogP contribution in [0.1, 0.15) is 72.9 Å². The fourth-order valence-corrected chi connectivity index (χ4v) is 5.41. The van der Waals surface area contributed by atoms with Crippen molar-refractivity contribution >= 4 is 40.3 Å². The van der Waals surface area contributed by atoms with Crippen molar-refractivity contribution in [3.05, 3.63) is 70.4 Å². The molecule has 1 aliphatic rings. The van der Waals surface area contributed by atoms with Crippen molar-refractivity contribution in [1.82, 2.24) is 25.5 Å². The average Bonchev–Trinajstić information content (AvgIpc) is 3.56. The van der Waals surface area contributed by atoms with Gasteiger partial charge in [0.1, 0.15) is 5.58 Å². The molecule has 198 valence electrons. The molecule has 0 unspecified atom stereocenters. The molecule has 2 N–H and O–H groups in total. The molecule has 5 rings (SSSR count). The molecular weight excluding hydrogens is 504 g/mol. The second-order valence-corrected chi connectivity index (χ2v) is 11.4. The van der Waals surface area contributed by atoms with Crippen LogP contribution in [0.5, 0.6) is 0 Å². The molecule has 0 radical (unpaired) electrons. The summed E-state index contributed by atoms with van der Waals surface area (Å²) in [6.45, 7) is 7.28. The highest BCUT2D eigenvalue weighted by molar-refractivity contribution is 6.31. The Morgan fingerprint density at radius 1 is 1.08 bits per heavy atom. The van der Waals surface area contributed by atoms with Crippen molar-refractivity contribution in [1.29, 1.82) is 0 Å². The maximum absolute atomic E-state index is 13.8. The van der Waals surface area contributed by atoms with E-state index in [0.29, 0.717) is 34.4 Å². The summed E-state index contributed by atoms with van der Waals surface area (Å²) in [5.41, 5.74) is 2.25. The molecule has 1 fully saturated rings. The van der Waals surface area contributed by atoms with E-state index in [1.54, 1.807) is 36.4 Å². The summed E-state index contributed by atoms with van der Waals surface area (Å²) >= 11 is 6.15. The second-order valence-electron chi connectivity index (χ2n) is 11.0. The lowest BCUT2D eigenvalue weighted by atomic mass is 9.71. The molecule has 2 aromatic heterocycles. The van der Waals surface area contributed by atoms with E-state index in [0.717, 1.165) is 36.6 Å². The molecule has 0 atom stereocenters. The molecule has 0 bridgehead atoms. The van der Waals surface area contributed by atoms with Crippen molar-refractivity contribution in [3.63, 3.8) is 0 Å². The Bertz CT molecular complexity index is 1420. The fraction of sp³-hybridized carbons (Fsp3) is 0.393. The van der Waals surface area contributed by atoms with Crippen LogP contribution in [0.25, 0.3) is 11.0 Å². The van der Waals surface area contributed by atoms with Crippen molar-refractivity contribution in [2.24, 2.45) is 11.3 Å². The zero-order valence-corrected chi connectivity index (χ0v) is 22.5.